The second kappa shape index (κ2) is 5.95. The zero-order valence-electron chi connectivity index (χ0n) is 10.9. The van der Waals surface area contributed by atoms with Crippen molar-refractivity contribution in [3.8, 4) is 11.1 Å². The normalized spacial score (nSPS) is 19.3. The quantitative estimate of drug-likeness (QED) is 0.912. The fraction of sp³-hybridized carbons (Fsp3) is 0.312. The minimum atomic E-state index is 0.270. The molecule has 1 aromatic carbocycles. The number of hydrogen-bond acceptors (Lipinski definition) is 3. The van der Waals surface area contributed by atoms with Crippen LogP contribution in [0, 0.1) is 0 Å². The second-order valence-corrected chi connectivity index (χ2v) is 4.80. The molecule has 3 rings (SSSR count). The molecule has 2 heterocycles. The molecule has 1 atom stereocenters. The molecular formula is C16H18N2O. The Morgan fingerprint density at radius 2 is 2.16 bits per heavy atom. The van der Waals surface area contributed by atoms with E-state index in [0.29, 0.717) is 0 Å². The van der Waals surface area contributed by atoms with E-state index in [0.717, 1.165) is 26.1 Å². The molecule has 19 heavy (non-hydrogen) atoms. The summed E-state index contributed by atoms with van der Waals surface area (Å²) in [5, 5.41) is 3.38. The Kier molecular flexibility index (Phi) is 3.86. The third-order valence-corrected chi connectivity index (χ3v) is 3.44. The van der Waals surface area contributed by atoms with Crippen molar-refractivity contribution in [2.45, 2.75) is 12.5 Å². The molecule has 1 aliphatic rings. The van der Waals surface area contributed by atoms with Gasteiger partial charge < -0.3 is 10.1 Å². The highest BCUT2D eigenvalue weighted by atomic mass is 16.5. The van der Waals surface area contributed by atoms with E-state index in [1.165, 1.54) is 16.7 Å². The molecule has 2 aromatic rings. The number of benzene rings is 1. The van der Waals surface area contributed by atoms with Crippen LogP contribution < -0.4 is 5.32 Å². The summed E-state index contributed by atoms with van der Waals surface area (Å²) in [5.41, 5.74) is 3.75. The summed E-state index contributed by atoms with van der Waals surface area (Å²) in [6.07, 6.45) is 4.93. The summed E-state index contributed by atoms with van der Waals surface area (Å²) in [7, 11) is 0. The number of ether oxygens (including phenoxy) is 1. The van der Waals surface area contributed by atoms with Crippen LogP contribution in [0.4, 0.5) is 0 Å². The van der Waals surface area contributed by atoms with Crippen LogP contribution in [0.2, 0.25) is 0 Å². The predicted molar refractivity (Wildman–Crippen MR) is 76.0 cm³/mol. The van der Waals surface area contributed by atoms with E-state index in [1.807, 2.05) is 12.3 Å². The molecule has 3 heteroatoms. The highest BCUT2D eigenvalue weighted by Gasteiger charge is 2.15. The van der Waals surface area contributed by atoms with Gasteiger partial charge in [0, 0.05) is 37.5 Å². The Morgan fingerprint density at radius 3 is 2.95 bits per heavy atom. The van der Waals surface area contributed by atoms with Crippen molar-refractivity contribution in [1.29, 1.82) is 0 Å². The van der Waals surface area contributed by atoms with E-state index in [1.54, 1.807) is 6.20 Å². The van der Waals surface area contributed by atoms with Crippen LogP contribution in [0.15, 0.2) is 48.8 Å². The zero-order chi connectivity index (χ0) is 12.9. The summed E-state index contributed by atoms with van der Waals surface area (Å²) < 4.78 is 5.79. The highest BCUT2D eigenvalue weighted by Crippen LogP contribution is 2.24. The third kappa shape index (κ3) is 3.00. The van der Waals surface area contributed by atoms with E-state index < -0.39 is 0 Å². The first-order valence-corrected chi connectivity index (χ1v) is 6.74. The standard InChI is InChI=1S/C16H18N2O/c1-2-6-16(14-5-3-7-17-11-14)13(4-1)10-15-12-18-8-9-19-15/h1-7,11,15,18H,8-10,12H2. The molecule has 1 saturated heterocycles. The van der Waals surface area contributed by atoms with Gasteiger partial charge in [-0.2, -0.15) is 0 Å². The lowest BCUT2D eigenvalue weighted by atomic mass is 9.96. The van der Waals surface area contributed by atoms with Crippen LogP contribution in [0.1, 0.15) is 5.56 Å². The molecule has 0 amide bonds. The van der Waals surface area contributed by atoms with Crippen molar-refractivity contribution in [2.75, 3.05) is 19.7 Å². The van der Waals surface area contributed by atoms with E-state index in [9.17, 15) is 0 Å². The van der Waals surface area contributed by atoms with Crippen LogP contribution in [-0.2, 0) is 11.2 Å². The maximum atomic E-state index is 5.79. The van der Waals surface area contributed by atoms with Gasteiger partial charge in [-0.25, -0.2) is 0 Å². The van der Waals surface area contributed by atoms with Gasteiger partial charge in [0.1, 0.15) is 0 Å². The Morgan fingerprint density at radius 1 is 1.21 bits per heavy atom. The molecule has 0 bridgehead atoms. The Bertz CT molecular complexity index is 521. The number of nitrogens with one attached hydrogen (secondary N) is 1. The number of nitrogens with zero attached hydrogens (tertiary/aromatic N) is 1. The van der Waals surface area contributed by atoms with E-state index in [2.05, 4.69) is 40.6 Å². The van der Waals surface area contributed by atoms with Crippen molar-refractivity contribution >= 4 is 0 Å². The molecule has 0 saturated carbocycles. The Balaban J connectivity index is 1.85. The minimum absolute atomic E-state index is 0.270. The van der Waals surface area contributed by atoms with Gasteiger partial charge in [0.15, 0.2) is 0 Å². The first-order valence-electron chi connectivity index (χ1n) is 6.74. The molecule has 1 aliphatic heterocycles. The van der Waals surface area contributed by atoms with Crippen LogP contribution >= 0.6 is 0 Å². The molecule has 1 N–H and O–H groups in total. The van der Waals surface area contributed by atoms with Gasteiger partial charge in [-0.15, -0.1) is 0 Å². The van der Waals surface area contributed by atoms with E-state index in [-0.39, 0.29) is 6.10 Å². The molecule has 1 fully saturated rings. The summed E-state index contributed by atoms with van der Waals surface area (Å²) in [4.78, 5) is 4.21. The summed E-state index contributed by atoms with van der Waals surface area (Å²) in [6.45, 7) is 2.70. The predicted octanol–water partition coefficient (Wildman–Crippen LogP) is 2.28. The van der Waals surface area contributed by atoms with Crippen LogP contribution in [0.25, 0.3) is 11.1 Å². The van der Waals surface area contributed by atoms with Gasteiger partial charge in [0.25, 0.3) is 0 Å². The third-order valence-electron chi connectivity index (χ3n) is 3.44. The first kappa shape index (κ1) is 12.3. The fourth-order valence-electron chi connectivity index (χ4n) is 2.50. The van der Waals surface area contributed by atoms with Crippen molar-refractivity contribution in [2.24, 2.45) is 0 Å². The first-order chi connectivity index (χ1) is 9.43. The monoisotopic (exact) mass is 254 g/mol. The average Bonchev–Trinajstić information content (AvgIpc) is 2.50. The van der Waals surface area contributed by atoms with Gasteiger partial charge in [0.2, 0.25) is 0 Å². The number of hydrogen-bond donors (Lipinski definition) is 1. The summed E-state index contributed by atoms with van der Waals surface area (Å²) in [5.74, 6) is 0. The van der Waals surface area contributed by atoms with Crippen LogP contribution in [0.3, 0.4) is 0 Å². The average molecular weight is 254 g/mol. The van der Waals surface area contributed by atoms with Crippen molar-refractivity contribution in [3.05, 3.63) is 54.4 Å². The molecule has 0 aliphatic carbocycles. The molecule has 0 spiro atoms. The molecule has 1 aromatic heterocycles. The van der Waals surface area contributed by atoms with Gasteiger partial charge in [-0.3, -0.25) is 4.98 Å². The number of morpholine rings is 1. The zero-order valence-corrected chi connectivity index (χ0v) is 10.9. The summed E-state index contributed by atoms with van der Waals surface area (Å²) in [6, 6.07) is 12.6. The van der Waals surface area contributed by atoms with Crippen molar-refractivity contribution in [1.82, 2.24) is 10.3 Å². The van der Waals surface area contributed by atoms with Gasteiger partial charge in [-0.1, -0.05) is 30.3 Å². The number of rotatable bonds is 3. The molecule has 0 radical (unpaired) electrons. The molecular weight excluding hydrogens is 236 g/mol. The fourth-order valence-corrected chi connectivity index (χ4v) is 2.50. The van der Waals surface area contributed by atoms with Gasteiger partial charge in [0.05, 0.1) is 12.7 Å². The lowest BCUT2D eigenvalue weighted by Gasteiger charge is -2.24. The summed E-state index contributed by atoms with van der Waals surface area (Å²) >= 11 is 0. The number of pyridine rings is 1. The van der Waals surface area contributed by atoms with Crippen molar-refractivity contribution < 1.29 is 4.74 Å². The SMILES string of the molecule is c1cncc(-c2ccccc2CC2CNCCO2)c1. The van der Waals surface area contributed by atoms with E-state index in [4.69, 9.17) is 4.74 Å². The maximum Gasteiger partial charge on any atom is 0.0740 e. The lowest BCUT2D eigenvalue weighted by molar-refractivity contribution is 0.0293. The number of aromatic nitrogens is 1. The van der Waals surface area contributed by atoms with E-state index >= 15 is 0 Å². The van der Waals surface area contributed by atoms with Crippen LogP contribution in [-0.4, -0.2) is 30.8 Å². The Hall–Kier alpha value is -1.71. The Labute approximate surface area is 113 Å². The van der Waals surface area contributed by atoms with Gasteiger partial charge in [-0.05, 0) is 17.2 Å². The highest BCUT2D eigenvalue weighted by molar-refractivity contribution is 5.66. The maximum absolute atomic E-state index is 5.79. The topological polar surface area (TPSA) is 34.2 Å². The molecule has 98 valence electrons. The lowest BCUT2D eigenvalue weighted by Crippen LogP contribution is -2.39. The molecule has 1 unspecified atom stereocenters. The molecule has 3 nitrogen and oxygen atoms in total. The second-order valence-electron chi connectivity index (χ2n) is 4.80. The smallest absolute Gasteiger partial charge is 0.0740 e. The largest absolute Gasteiger partial charge is 0.375 e. The van der Waals surface area contributed by atoms with Crippen LogP contribution in [0.5, 0.6) is 0 Å². The van der Waals surface area contributed by atoms with Gasteiger partial charge >= 0.3 is 0 Å². The van der Waals surface area contributed by atoms with Crippen molar-refractivity contribution in [3.63, 3.8) is 0 Å². The minimum Gasteiger partial charge on any atom is -0.375 e.